The number of nitrogens with one attached hydrogen (secondary N) is 1. The van der Waals surface area contributed by atoms with Crippen molar-refractivity contribution in [2.45, 2.75) is 50.1 Å². The molecule has 1 heterocycles. The van der Waals surface area contributed by atoms with Gasteiger partial charge in [-0.15, -0.1) is 11.8 Å². The number of halogens is 1. The first-order chi connectivity index (χ1) is 14.0. The minimum atomic E-state index is -0.300. The van der Waals surface area contributed by atoms with Gasteiger partial charge in [0.15, 0.2) is 0 Å². The van der Waals surface area contributed by atoms with Gasteiger partial charge < -0.3 is 10.2 Å². The zero-order valence-corrected chi connectivity index (χ0v) is 17.3. The number of nitrogens with zero attached hydrogens (tertiary/aromatic N) is 1. The molecule has 152 valence electrons. The molecule has 2 aromatic rings. The Morgan fingerprint density at radius 1 is 1.17 bits per heavy atom. The summed E-state index contributed by atoms with van der Waals surface area (Å²) in [5.41, 5.74) is 2.17. The Morgan fingerprint density at radius 2 is 1.93 bits per heavy atom. The Kier molecular flexibility index (Phi) is 5.90. The minimum Gasteiger partial charge on any atom is -0.349 e. The zero-order valence-electron chi connectivity index (χ0n) is 16.5. The number of carbonyl (C=O) groups excluding carboxylic acids is 2. The second kappa shape index (κ2) is 8.57. The molecule has 2 aromatic carbocycles. The quantitative estimate of drug-likeness (QED) is 0.787. The lowest BCUT2D eigenvalue weighted by Gasteiger charge is -2.31. The molecule has 1 fully saturated rings. The number of benzene rings is 2. The summed E-state index contributed by atoms with van der Waals surface area (Å²) in [6.07, 6.45) is 4.54. The van der Waals surface area contributed by atoms with Gasteiger partial charge in [-0.25, -0.2) is 4.39 Å². The van der Waals surface area contributed by atoms with Crippen LogP contribution in [-0.2, 0) is 11.3 Å². The average molecular weight is 413 g/mol. The van der Waals surface area contributed by atoms with Gasteiger partial charge in [-0.3, -0.25) is 9.59 Å². The molecule has 0 aromatic heterocycles. The number of hydrogen-bond donors (Lipinski definition) is 1. The number of thioether (sulfide) groups is 1. The molecule has 6 heteroatoms. The van der Waals surface area contributed by atoms with E-state index in [-0.39, 0.29) is 23.7 Å². The van der Waals surface area contributed by atoms with Gasteiger partial charge in [-0.1, -0.05) is 31.9 Å². The van der Waals surface area contributed by atoms with Crippen molar-refractivity contribution in [3.8, 4) is 0 Å². The molecule has 1 aliphatic carbocycles. The van der Waals surface area contributed by atoms with Gasteiger partial charge in [-0.05, 0) is 54.7 Å². The topological polar surface area (TPSA) is 49.4 Å². The number of fused-ring (bicyclic) bond motifs is 1. The van der Waals surface area contributed by atoms with E-state index in [0.717, 1.165) is 35.4 Å². The van der Waals surface area contributed by atoms with Crippen molar-refractivity contribution in [1.82, 2.24) is 5.32 Å². The Balaban J connectivity index is 1.56. The molecule has 2 amide bonds. The van der Waals surface area contributed by atoms with Crippen LogP contribution < -0.4 is 10.2 Å². The molecule has 4 nitrogen and oxygen atoms in total. The largest absolute Gasteiger partial charge is 0.349 e. The van der Waals surface area contributed by atoms with Gasteiger partial charge >= 0.3 is 0 Å². The molecule has 4 rings (SSSR count). The molecular formula is C23H25FN2O2S. The van der Waals surface area contributed by atoms with E-state index < -0.39 is 0 Å². The van der Waals surface area contributed by atoms with E-state index in [1.165, 1.54) is 30.3 Å². The smallest absolute Gasteiger partial charge is 0.251 e. The molecule has 0 spiro atoms. The lowest BCUT2D eigenvalue weighted by molar-refractivity contribution is -0.116. The van der Waals surface area contributed by atoms with Crippen LogP contribution in [0.1, 0.15) is 48.5 Å². The Labute approximate surface area is 174 Å². The van der Waals surface area contributed by atoms with E-state index in [4.69, 9.17) is 0 Å². The molecule has 0 radical (unpaired) electrons. The first-order valence-corrected chi connectivity index (χ1v) is 11.1. The fourth-order valence-electron chi connectivity index (χ4n) is 4.07. The van der Waals surface area contributed by atoms with Gasteiger partial charge in [0, 0.05) is 16.5 Å². The third-order valence-electron chi connectivity index (χ3n) is 5.85. The number of rotatable bonds is 4. The molecule has 1 aliphatic heterocycles. The van der Waals surface area contributed by atoms with Crippen molar-refractivity contribution in [2.75, 3.05) is 10.7 Å². The van der Waals surface area contributed by atoms with Crippen LogP contribution in [0.4, 0.5) is 10.1 Å². The van der Waals surface area contributed by atoms with Gasteiger partial charge in [0.25, 0.3) is 5.91 Å². The van der Waals surface area contributed by atoms with E-state index >= 15 is 0 Å². The van der Waals surface area contributed by atoms with Crippen molar-refractivity contribution < 1.29 is 14.0 Å². The molecule has 0 saturated heterocycles. The summed E-state index contributed by atoms with van der Waals surface area (Å²) in [6, 6.07) is 11.9. The summed E-state index contributed by atoms with van der Waals surface area (Å²) in [5, 5.41) is 3.18. The maximum absolute atomic E-state index is 13.2. The van der Waals surface area contributed by atoms with Crippen LogP contribution >= 0.6 is 11.8 Å². The number of anilines is 1. The van der Waals surface area contributed by atoms with Crippen LogP contribution in [0.25, 0.3) is 0 Å². The first kappa shape index (κ1) is 20.0. The van der Waals surface area contributed by atoms with Crippen LogP contribution in [0, 0.1) is 11.7 Å². The highest BCUT2D eigenvalue weighted by Gasteiger charge is 2.27. The predicted octanol–water partition coefficient (Wildman–Crippen LogP) is 4.77. The van der Waals surface area contributed by atoms with Crippen molar-refractivity contribution in [3.63, 3.8) is 0 Å². The third kappa shape index (κ3) is 4.47. The highest BCUT2D eigenvalue weighted by Crippen LogP contribution is 2.37. The van der Waals surface area contributed by atoms with Crippen molar-refractivity contribution in [3.05, 3.63) is 59.4 Å². The maximum Gasteiger partial charge on any atom is 0.251 e. The highest BCUT2D eigenvalue weighted by atomic mass is 32.2. The van der Waals surface area contributed by atoms with Crippen LogP contribution in [0.5, 0.6) is 0 Å². The molecule has 2 aliphatic rings. The van der Waals surface area contributed by atoms with Gasteiger partial charge in [0.1, 0.15) is 5.82 Å². The maximum atomic E-state index is 13.2. The fourth-order valence-corrected chi connectivity index (χ4v) is 4.99. The average Bonchev–Trinajstić information content (AvgIpc) is 2.73. The van der Waals surface area contributed by atoms with Crippen molar-refractivity contribution in [2.24, 2.45) is 5.92 Å². The molecule has 0 unspecified atom stereocenters. The van der Waals surface area contributed by atoms with Crippen molar-refractivity contribution >= 4 is 29.3 Å². The SMILES string of the molecule is C[C@@H]1CCCC[C@@H]1NC(=O)c1ccc2c(c1)N(Cc1ccc(F)cc1)C(=O)CS2. The van der Waals surface area contributed by atoms with Crippen LogP contribution in [0.2, 0.25) is 0 Å². The summed E-state index contributed by atoms with van der Waals surface area (Å²) >= 11 is 1.49. The molecule has 29 heavy (non-hydrogen) atoms. The Bertz CT molecular complexity index is 916. The number of carbonyl (C=O) groups is 2. The summed E-state index contributed by atoms with van der Waals surface area (Å²) in [5.74, 6) is 0.448. The van der Waals surface area contributed by atoms with E-state index in [1.54, 1.807) is 17.0 Å². The van der Waals surface area contributed by atoms with Crippen LogP contribution in [0.3, 0.4) is 0 Å². The zero-order chi connectivity index (χ0) is 20.4. The monoisotopic (exact) mass is 412 g/mol. The highest BCUT2D eigenvalue weighted by molar-refractivity contribution is 8.00. The summed E-state index contributed by atoms with van der Waals surface area (Å²) in [4.78, 5) is 28.1. The fraction of sp³-hybridized carbons (Fsp3) is 0.391. The van der Waals surface area contributed by atoms with Gasteiger partial charge in [-0.2, -0.15) is 0 Å². The lowest BCUT2D eigenvalue weighted by atomic mass is 9.86. The Hall–Kier alpha value is -2.34. The summed E-state index contributed by atoms with van der Waals surface area (Å²) in [7, 11) is 0. The molecular weight excluding hydrogens is 387 g/mol. The lowest BCUT2D eigenvalue weighted by Crippen LogP contribution is -2.41. The van der Waals surface area contributed by atoms with Crippen LogP contribution in [0.15, 0.2) is 47.4 Å². The van der Waals surface area contributed by atoms with E-state index in [2.05, 4.69) is 12.2 Å². The standard InChI is InChI=1S/C23H25FN2O2S/c1-15-4-2-3-5-19(15)25-23(28)17-8-11-21-20(12-17)26(22(27)14-29-21)13-16-6-9-18(24)10-7-16/h6-12,15,19H,2-5,13-14H2,1H3,(H,25,28)/t15-,19+/m1/s1. The van der Waals surface area contributed by atoms with Gasteiger partial charge in [0.2, 0.25) is 5.91 Å². The van der Waals surface area contributed by atoms with E-state index in [1.807, 2.05) is 18.2 Å². The molecule has 1 N–H and O–H groups in total. The van der Waals surface area contributed by atoms with Gasteiger partial charge in [0.05, 0.1) is 18.0 Å². The number of hydrogen-bond acceptors (Lipinski definition) is 3. The molecule has 2 atom stereocenters. The normalized spacial score (nSPS) is 21.6. The number of amides is 2. The predicted molar refractivity (Wildman–Crippen MR) is 114 cm³/mol. The van der Waals surface area contributed by atoms with E-state index in [9.17, 15) is 14.0 Å². The molecule has 0 bridgehead atoms. The minimum absolute atomic E-state index is 0.00899. The Morgan fingerprint density at radius 3 is 2.69 bits per heavy atom. The van der Waals surface area contributed by atoms with Crippen molar-refractivity contribution in [1.29, 1.82) is 0 Å². The second-order valence-corrected chi connectivity index (χ2v) is 8.94. The second-order valence-electron chi connectivity index (χ2n) is 7.92. The van der Waals surface area contributed by atoms with E-state index in [0.29, 0.717) is 23.8 Å². The summed E-state index contributed by atoms with van der Waals surface area (Å²) < 4.78 is 13.2. The molecule has 1 saturated carbocycles. The first-order valence-electron chi connectivity index (χ1n) is 10.1. The third-order valence-corrected chi connectivity index (χ3v) is 6.89. The summed E-state index contributed by atoms with van der Waals surface area (Å²) in [6.45, 7) is 2.55. The van der Waals surface area contributed by atoms with Crippen LogP contribution in [-0.4, -0.2) is 23.6 Å².